The fraction of sp³-hybridized carbons (Fsp3) is 0.389. The van der Waals surface area contributed by atoms with E-state index in [4.69, 9.17) is 5.73 Å². The predicted molar refractivity (Wildman–Crippen MR) is 90.5 cm³/mol. The van der Waals surface area contributed by atoms with Crippen molar-refractivity contribution in [2.24, 2.45) is 0 Å². The lowest BCUT2D eigenvalue weighted by atomic mass is 10.0. The Bertz CT molecular complexity index is 721. The Morgan fingerprint density at radius 3 is 2.83 bits per heavy atom. The van der Waals surface area contributed by atoms with Crippen LogP contribution in [-0.2, 0) is 6.54 Å². The first-order valence-corrected chi connectivity index (χ1v) is 8.22. The summed E-state index contributed by atoms with van der Waals surface area (Å²) in [6.45, 7) is 2.76. The highest BCUT2D eigenvalue weighted by molar-refractivity contribution is 5.65. The first-order valence-electron chi connectivity index (χ1n) is 8.22. The average Bonchev–Trinajstić information content (AvgIpc) is 3.43. The molecule has 4 rings (SSSR count). The molecule has 0 spiro atoms. The number of pyridine rings is 1. The molecule has 0 bridgehead atoms. The molecule has 2 aromatic heterocycles. The number of nitrogen functional groups attached to an aromatic ring is 1. The van der Waals surface area contributed by atoms with Crippen molar-refractivity contribution in [3.05, 3.63) is 53.8 Å². The maximum absolute atomic E-state index is 6.12. The summed E-state index contributed by atoms with van der Waals surface area (Å²) in [6, 6.07) is 4.11. The molecule has 5 heteroatoms. The molecular formula is C18H21N5. The summed E-state index contributed by atoms with van der Waals surface area (Å²) in [5.74, 6) is 2.11. The Labute approximate surface area is 136 Å². The number of hydrogen-bond donors (Lipinski definition) is 1. The maximum atomic E-state index is 6.12. The van der Waals surface area contributed by atoms with Crippen LogP contribution in [0, 0.1) is 0 Å². The van der Waals surface area contributed by atoms with Gasteiger partial charge in [-0.1, -0.05) is 12.1 Å². The van der Waals surface area contributed by atoms with Gasteiger partial charge < -0.3 is 5.73 Å². The first-order chi connectivity index (χ1) is 11.3. The number of hydrogen-bond acceptors (Lipinski definition) is 5. The van der Waals surface area contributed by atoms with Gasteiger partial charge in [0.05, 0.1) is 0 Å². The van der Waals surface area contributed by atoms with E-state index < -0.39 is 0 Å². The van der Waals surface area contributed by atoms with Crippen molar-refractivity contribution in [2.75, 3.05) is 18.8 Å². The summed E-state index contributed by atoms with van der Waals surface area (Å²) in [5, 5.41) is 0. The highest BCUT2D eigenvalue weighted by Gasteiger charge is 2.27. The zero-order valence-electron chi connectivity index (χ0n) is 13.2. The van der Waals surface area contributed by atoms with Crippen LogP contribution in [-0.4, -0.2) is 32.9 Å². The largest absolute Gasteiger partial charge is 0.383 e. The van der Waals surface area contributed by atoms with Crippen molar-refractivity contribution in [3.63, 3.8) is 0 Å². The lowest BCUT2D eigenvalue weighted by molar-refractivity contribution is 0.293. The van der Waals surface area contributed by atoms with Crippen LogP contribution in [0.1, 0.15) is 42.1 Å². The molecule has 23 heavy (non-hydrogen) atoms. The number of anilines is 1. The fourth-order valence-corrected chi connectivity index (χ4v) is 3.00. The molecule has 5 nitrogen and oxygen atoms in total. The van der Waals surface area contributed by atoms with Gasteiger partial charge in [-0.15, -0.1) is 0 Å². The molecule has 0 radical (unpaired) electrons. The SMILES string of the molecule is Nc1nc(C2CC2)ncc1CN1CC=C(c2cccnc2)CC1. The molecule has 3 heterocycles. The van der Waals surface area contributed by atoms with Crippen LogP contribution >= 0.6 is 0 Å². The van der Waals surface area contributed by atoms with E-state index in [0.29, 0.717) is 11.7 Å². The van der Waals surface area contributed by atoms with Gasteiger partial charge in [-0.3, -0.25) is 9.88 Å². The van der Waals surface area contributed by atoms with Crippen molar-refractivity contribution in [1.29, 1.82) is 0 Å². The molecule has 1 saturated carbocycles. The molecule has 0 aromatic carbocycles. The van der Waals surface area contributed by atoms with E-state index in [2.05, 4.69) is 32.0 Å². The third kappa shape index (κ3) is 3.24. The number of aromatic nitrogens is 3. The number of nitrogens with two attached hydrogens (primary N) is 1. The predicted octanol–water partition coefficient (Wildman–Crippen LogP) is 2.62. The van der Waals surface area contributed by atoms with Gasteiger partial charge in [-0.05, 0) is 36.5 Å². The molecular weight excluding hydrogens is 286 g/mol. The van der Waals surface area contributed by atoms with Crippen LogP contribution in [0.2, 0.25) is 0 Å². The lowest BCUT2D eigenvalue weighted by Gasteiger charge is -2.26. The number of nitrogens with zero attached hydrogens (tertiary/aromatic N) is 4. The molecule has 1 aliphatic heterocycles. The van der Waals surface area contributed by atoms with Crippen LogP contribution in [0.15, 0.2) is 36.8 Å². The summed E-state index contributed by atoms with van der Waals surface area (Å²) >= 11 is 0. The minimum atomic E-state index is 0.548. The van der Waals surface area contributed by atoms with Gasteiger partial charge in [0.1, 0.15) is 11.6 Å². The molecule has 0 atom stereocenters. The Hall–Kier alpha value is -2.27. The Kier molecular flexibility index (Phi) is 3.79. The standard InChI is InChI=1S/C18H21N5/c19-17-16(11-21-18(22-17)14-3-4-14)12-23-8-5-13(6-9-23)15-2-1-7-20-10-15/h1-2,5,7,10-11,14H,3-4,6,8-9,12H2,(H2,19,21,22). The molecule has 2 aromatic rings. The Balaban J connectivity index is 1.42. The van der Waals surface area contributed by atoms with Gasteiger partial charge in [0.15, 0.2) is 0 Å². The van der Waals surface area contributed by atoms with E-state index in [1.165, 1.54) is 24.0 Å². The summed E-state index contributed by atoms with van der Waals surface area (Å²) in [7, 11) is 0. The van der Waals surface area contributed by atoms with Crippen LogP contribution in [0.25, 0.3) is 5.57 Å². The van der Waals surface area contributed by atoms with E-state index in [0.717, 1.165) is 37.4 Å². The second-order valence-electron chi connectivity index (χ2n) is 6.37. The second kappa shape index (κ2) is 6.08. The lowest BCUT2D eigenvalue weighted by Crippen LogP contribution is -2.28. The quantitative estimate of drug-likeness (QED) is 0.940. The molecule has 1 fully saturated rings. The summed E-state index contributed by atoms with van der Waals surface area (Å²) in [6.07, 6.45) is 11.4. The minimum absolute atomic E-state index is 0.548. The first kappa shape index (κ1) is 14.3. The Morgan fingerprint density at radius 1 is 1.26 bits per heavy atom. The van der Waals surface area contributed by atoms with Crippen molar-refractivity contribution < 1.29 is 0 Å². The van der Waals surface area contributed by atoms with E-state index >= 15 is 0 Å². The topological polar surface area (TPSA) is 67.9 Å². The maximum Gasteiger partial charge on any atom is 0.133 e. The third-order valence-corrected chi connectivity index (χ3v) is 4.58. The van der Waals surface area contributed by atoms with Gasteiger partial charge >= 0.3 is 0 Å². The fourth-order valence-electron chi connectivity index (χ4n) is 3.00. The van der Waals surface area contributed by atoms with Crippen LogP contribution in [0.3, 0.4) is 0 Å². The van der Waals surface area contributed by atoms with Crippen molar-refractivity contribution in [3.8, 4) is 0 Å². The van der Waals surface area contributed by atoms with E-state index in [9.17, 15) is 0 Å². The van der Waals surface area contributed by atoms with Crippen LogP contribution in [0.5, 0.6) is 0 Å². The number of rotatable bonds is 4. The molecule has 0 unspecified atom stereocenters. The van der Waals surface area contributed by atoms with Crippen LogP contribution in [0.4, 0.5) is 5.82 Å². The van der Waals surface area contributed by atoms with Crippen molar-refractivity contribution >= 4 is 11.4 Å². The monoisotopic (exact) mass is 307 g/mol. The minimum Gasteiger partial charge on any atom is -0.383 e. The van der Waals surface area contributed by atoms with E-state index in [1.807, 2.05) is 24.7 Å². The average molecular weight is 307 g/mol. The van der Waals surface area contributed by atoms with Gasteiger partial charge in [-0.2, -0.15) is 0 Å². The molecule has 0 saturated heterocycles. The Morgan fingerprint density at radius 2 is 2.17 bits per heavy atom. The summed E-state index contributed by atoms with van der Waals surface area (Å²) in [4.78, 5) is 15.5. The molecule has 0 amide bonds. The van der Waals surface area contributed by atoms with Gasteiger partial charge in [0, 0.05) is 49.7 Å². The molecule has 2 aliphatic rings. The van der Waals surface area contributed by atoms with E-state index in [-0.39, 0.29) is 0 Å². The highest BCUT2D eigenvalue weighted by Crippen LogP contribution is 2.38. The van der Waals surface area contributed by atoms with Crippen molar-refractivity contribution in [1.82, 2.24) is 19.9 Å². The highest BCUT2D eigenvalue weighted by atomic mass is 15.1. The summed E-state index contributed by atoms with van der Waals surface area (Å²) in [5.41, 5.74) is 9.76. The summed E-state index contributed by atoms with van der Waals surface area (Å²) < 4.78 is 0. The third-order valence-electron chi connectivity index (χ3n) is 4.58. The van der Waals surface area contributed by atoms with Gasteiger partial charge in [-0.25, -0.2) is 9.97 Å². The normalized spacial score (nSPS) is 18.7. The van der Waals surface area contributed by atoms with Gasteiger partial charge in [0.2, 0.25) is 0 Å². The van der Waals surface area contributed by atoms with Crippen LogP contribution < -0.4 is 5.73 Å². The smallest absolute Gasteiger partial charge is 0.133 e. The molecule has 118 valence electrons. The van der Waals surface area contributed by atoms with E-state index in [1.54, 1.807) is 0 Å². The van der Waals surface area contributed by atoms with Crippen molar-refractivity contribution in [2.45, 2.75) is 31.7 Å². The van der Waals surface area contributed by atoms with Gasteiger partial charge in [0.25, 0.3) is 0 Å². The zero-order valence-corrected chi connectivity index (χ0v) is 13.2. The molecule has 1 aliphatic carbocycles. The zero-order chi connectivity index (χ0) is 15.6. The molecule has 2 N–H and O–H groups in total. The second-order valence-corrected chi connectivity index (χ2v) is 6.37.